The Kier molecular flexibility index (Phi) is 7.15. The molecule has 1 aromatic rings. The SMILES string of the molecule is CCN(CCOC)C(=O)CCC(N)c1ccccc1. The Labute approximate surface area is 115 Å². The number of hydrogen-bond donors (Lipinski definition) is 1. The average molecular weight is 264 g/mol. The van der Waals surface area contributed by atoms with Crippen LogP contribution in [-0.4, -0.2) is 37.6 Å². The highest BCUT2D eigenvalue weighted by molar-refractivity contribution is 5.76. The lowest BCUT2D eigenvalue weighted by molar-refractivity contribution is -0.131. The number of carbonyl (C=O) groups excluding carboxylic acids is 1. The van der Waals surface area contributed by atoms with Gasteiger partial charge < -0.3 is 15.4 Å². The van der Waals surface area contributed by atoms with E-state index in [9.17, 15) is 4.79 Å². The molecule has 106 valence electrons. The number of amides is 1. The van der Waals surface area contributed by atoms with Crippen molar-refractivity contribution in [1.29, 1.82) is 0 Å². The van der Waals surface area contributed by atoms with Gasteiger partial charge in [0, 0.05) is 32.7 Å². The molecule has 0 aliphatic rings. The Hall–Kier alpha value is -1.39. The molecule has 0 spiro atoms. The molecule has 0 bridgehead atoms. The lowest BCUT2D eigenvalue weighted by atomic mass is 10.0. The minimum absolute atomic E-state index is 0.0775. The third-order valence-electron chi connectivity index (χ3n) is 3.20. The highest BCUT2D eigenvalue weighted by Crippen LogP contribution is 2.15. The highest BCUT2D eigenvalue weighted by Gasteiger charge is 2.13. The molecule has 19 heavy (non-hydrogen) atoms. The maximum atomic E-state index is 12.0. The number of nitrogens with two attached hydrogens (primary N) is 1. The van der Waals surface area contributed by atoms with Crippen LogP contribution in [0.1, 0.15) is 31.4 Å². The van der Waals surface area contributed by atoms with Gasteiger partial charge in [0.1, 0.15) is 0 Å². The van der Waals surface area contributed by atoms with Crippen LogP contribution in [0.25, 0.3) is 0 Å². The molecule has 0 aliphatic carbocycles. The van der Waals surface area contributed by atoms with Crippen LogP contribution in [0.5, 0.6) is 0 Å². The molecule has 0 saturated carbocycles. The van der Waals surface area contributed by atoms with Crippen molar-refractivity contribution in [3.8, 4) is 0 Å². The topological polar surface area (TPSA) is 55.6 Å². The number of rotatable bonds is 8. The maximum absolute atomic E-state index is 12.0. The Morgan fingerprint density at radius 3 is 2.63 bits per heavy atom. The molecule has 1 unspecified atom stereocenters. The second-order valence-corrected chi connectivity index (χ2v) is 4.52. The first kappa shape index (κ1) is 15.7. The predicted octanol–water partition coefficient (Wildman–Crippen LogP) is 1.96. The smallest absolute Gasteiger partial charge is 0.222 e. The number of benzene rings is 1. The van der Waals surface area contributed by atoms with Crippen molar-refractivity contribution in [1.82, 2.24) is 4.90 Å². The standard InChI is InChI=1S/C15H24N2O2/c1-3-17(11-12-19-2)15(18)10-9-14(16)13-7-5-4-6-8-13/h4-8,14H,3,9-12,16H2,1-2H3. The molecule has 0 saturated heterocycles. The summed E-state index contributed by atoms with van der Waals surface area (Å²) in [5.74, 6) is 0.144. The summed E-state index contributed by atoms with van der Waals surface area (Å²) in [4.78, 5) is 13.8. The van der Waals surface area contributed by atoms with Crippen LogP contribution >= 0.6 is 0 Å². The van der Waals surface area contributed by atoms with Crippen molar-refractivity contribution in [2.45, 2.75) is 25.8 Å². The molecule has 0 fully saturated rings. The van der Waals surface area contributed by atoms with Crippen molar-refractivity contribution in [3.05, 3.63) is 35.9 Å². The summed E-state index contributed by atoms with van der Waals surface area (Å²) in [5.41, 5.74) is 7.17. The van der Waals surface area contributed by atoms with Crippen LogP contribution < -0.4 is 5.73 Å². The Balaban J connectivity index is 2.40. The number of ether oxygens (including phenoxy) is 1. The molecule has 1 aromatic carbocycles. The highest BCUT2D eigenvalue weighted by atomic mass is 16.5. The van der Waals surface area contributed by atoms with E-state index in [-0.39, 0.29) is 11.9 Å². The molecule has 0 radical (unpaired) electrons. The minimum Gasteiger partial charge on any atom is -0.383 e. The van der Waals surface area contributed by atoms with Crippen molar-refractivity contribution >= 4 is 5.91 Å². The Bertz CT molecular complexity index is 368. The summed E-state index contributed by atoms with van der Waals surface area (Å²) in [6.45, 7) is 3.91. The normalized spacial score (nSPS) is 12.2. The monoisotopic (exact) mass is 264 g/mol. The van der Waals surface area contributed by atoms with E-state index in [1.54, 1.807) is 12.0 Å². The summed E-state index contributed by atoms with van der Waals surface area (Å²) >= 11 is 0. The molecular weight excluding hydrogens is 240 g/mol. The van der Waals surface area contributed by atoms with Gasteiger partial charge in [0.15, 0.2) is 0 Å². The van der Waals surface area contributed by atoms with E-state index in [0.717, 1.165) is 5.56 Å². The lowest BCUT2D eigenvalue weighted by Crippen LogP contribution is -2.34. The van der Waals surface area contributed by atoms with Crippen molar-refractivity contribution in [3.63, 3.8) is 0 Å². The third kappa shape index (κ3) is 5.41. The van der Waals surface area contributed by atoms with Crippen LogP contribution in [-0.2, 0) is 9.53 Å². The van der Waals surface area contributed by atoms with E-state index >= 15 is 0 Å². The Morgan fingerprint density at radius 1 is 1.37 bits per heavy atom. The van der Waals surface area contributed by atoms with Gasteiger partial charge in [-0.3, -0.25) is 4.79 Å². The molecule has 4 heteroatoms. The van der Waals surface area contributed by atoms with E-state index in [2.05, 4.69) is 0 Å². The van der Waals surface area contributed by atoms with Gasteiger partial charge >= 0.3 is 0 Å². The molecular formula is C15H24N2O2. The number of likely N-dealkylation sites (N-methyl/N-ethyl adjacent to an activating group) is 1. The summed E-state index contributed by atoms with van der Waals surface area (Å²) in [6, 6.07) is 9.81. The third-order valence-corrected chi connectivity index (χ3v) is 3.20. The number of methoxy groups -OCH3 is 1. The van der Waals surface area contributed by atoms with Gasteiger partial charge in [-0.1, -0.05) is 30.3 Å². The summed E-state index contributed by atoms with van der Waals surface area (Å²) in [7, 11) is 1.64. The minimum atomic E-state index is -0.0775. The average Bonchev–Trinajstić information content (AvgIpc) is 2.46. The second kappa shape index (κ2) is 8.67. The van der Waals surface area contributed by atoms with Gasteiger partial charge in [0.25, 0.3) is 0 Å². The van der Waals surface area contributed by atoms with Crippen LogP contribution in [0.2, 0.25) is 0 Å². The predicted molar refractivity (Wildman–Crippen MR) is 76.7 cm³/mol. The van der Waals surface area contributed by atoms with Crippen LogP contribution in [0, 0.1) is 0 Å². The molecule has 0 aromatic heterocycles. The van der Waals surface area contributed by atoms with Crippen molar-refractivity contribution < 1.29 is 9.53 Å². The number of nitrogens with zero attached hydrogens (tertiary/aromatic N) is 1. The molecule has 1 atom stereocenters. The van der Waals surface area contributed by atoms with Crippen LogP contribution in [0.4, 0.5) is 0 Å². The maximum Gasteiger partial charge on any atom is 0.222 e. The van der Waals surface area contributed by atoms with E-state index in [1.165, 1.54) is 0 Å². The van der Waals surface area contributed by atoms with Crippen molar-refractivity contribution in [2.75, 3.05) is 26.8 Å². The largest absolute Gasteiger partial charge is 0.383 e. The number of hydrogen-bond acceptors (Lipinski definition) is 3. The van der Waals surface area contributed by atoms with Gasteiger partial charge in [-0.25, -0.2) is 0 Å². The first-order valence-corrected chi connectivity index (χ1v) is 6.76. The first-order valence-electron chi connectivity index (χ1n) is 6.76. The quantitative estimate of drug-likeness (QED) is 0.781. The second-order valence-electron chi connectivity index (χ2n) is 4.52. The molecule has 0 heterocycles. The van der Waals surface area contributed by atoms with Crippen molar-refractivity contribution in [2.24, 2.45) is 5.73 Å². The summed E-state index contributed by atoms with van der Waals surface area (Å²) < 4.78 is 5.00. The molecule has 0 aliphatic heterocycles. The fourth-order valence-electron chi connectivity index (χ4n) is 1.96. The summed E-state index contributed by atoms with van der Waals surface area (Å²) in [6.07, 6.45) is 1.15. The fourth-order valence-corrected chi connectivity index (χ4v) is 1.96. The Morgan fingerprint density at radius 2 is 2.05 bits per heavy atom. The van der Waals surface area contributed by atoms with Gasteiger partial charge in [-0.2, -0.15) is 0 Å². The molecule has 2 N–H and O–H groups in total. The van der Waals surface area contributed by atoms with E-state index in [4.69, 9.17) is 10.5 Å². The lowest BCUT2D eigenvalue weighted by Gasteiger charge is -2.21. The number of carbonyl (C=O) groups is 1. The van der Waals surface area contributed by atoms with E-state index in [0.29, 0.717) is 32.5 Å². The fraction of sp³-hybridized carbons (Fsp3) is 0.533. The first-order chi connectivity index (χ1) is 9.19. The zero-order valence-electron chi connectivity index (χ0n) is 11.8. The van der Waals surface area contributed by atoms with Gasteiger partial charge in [-0.15, -0.1) is 0 Å². The van der Waals surface area contributed by atoms with E-state index in [1.807, 2.05) is 37.3 Å². The van der Waals surface area contributed by atoms with Gasteiger partial charge in [-0.05, 0) is 18.9 Å². The van der Waals surface area contributed by atoms with E-state index < -0.39 is 0 Å². The van der Waals surface area contributed by atoms with Gasteiger partial charge in [0.2, 0.25) is 5.91 Å². The summed E-state index contributed by atoms with van der Waals surface area (Å²) in [5, 5.41) is 0. The van der Waals surface area contributed by atoms with Gasteiger partial charge in [0.05, 0.1) is 6.61 Å². The zero-order chi connectivity index (χ0) is 14.1. The molecule has 1 rings (SSSR count). The zero-order valence-corrected chi connectivity index (χ0v) is 11.8. The molecule has 4 nitrogen and oxygen atoms in total. The van der Waals surface area contributed by atoms with Crippen LogP contribution in [0.15, 0.2) is 30.3 Å². The molecule has 1 amide bonds. The van der Waals surface area contributed by atoms with Crippen LogP contribution in [0.3, 0.4) is 0 Å².